The third-order valence-electron chi connectivity index (χ3n) is 3.34. The van der Waals surface area contributed by atoms with Gasteiger partial charge in [0.25, 0.3) is 0 Å². The average molecular weight is 284 g/mol. The topological polar surface area (TPSA) is 63.2 Å². The van der Waals surface area contributed by atoms with Gasteiger partial charge in [-0.05, 0) is 39.9 Å². The highest BCUT2D eigenvalue weighted by atomic mass is 32.1. The smallest absolute Gasteiger partial charge is 0.410 e. The number of aromatic nitrogens is 3. The average Bonchev–Trinajstić information content (AvgIpc) is 2.57. The van der Waals surface area contributed by atoms with Crippen LogP contribution in [0.15, 0.2) is 0 Å². The number of likely N-dealkylation sites (tertiary alicyclic amines) is 1. The standard InChI is InChI=1S/C12H20N4O2S/c1-7-8(9-13-14-10(19)15(9)5)6-16(7)11(17)18-12(2,3)4/h7-8H,6H2,1-5H3,(H,14,19)/t7-,8+/m1/s1. The van der Waals surface area contributed by atoms with Gasteiger partial charge in [-0.3, -0.25) is 5.10 Å². The first-order valence-electron chi connectivity index (χ1n) is 6.31. The van der Waals surface area contributed by atoms with E-state index in [1.807, 2.05) is 39.3 Å². The van der Waals surface area contributed by atoms with Crippen LogP contribution in [-0.4, -0.2) is 43.9 Å². The van der Waals surface area contributed by atoms with Crippen molar-refractivity contribution in [3.8, 4) is 0 Å². The fourth-order valence-corrected chi connectivity index (χ4v) is 2.30. The summed E-state index contributed by atoms with van der Waals surface area (Å²) in [6.45, 7) is 8.21. The molecule has 1 aliphatic heterocycles. The van der Waals surface area contributed by atoms with Crippen molar-refractivity contribution in [2.24, 2.45) is 7.05 Å². The minimum absolute atomic E-state index is 0.0683. The largest absolute Gasteiger partial charge is 0.444 e. The molecule has 106 valence electrons. The van der Waals surface area contributed by atoms with E-state index in [2.05, 4.69) is 10.2 Å². The number of nitrogens with one attached hydrogen (secondary N) is 1. The Balaban J connectivity index is 2.04. The van der Waals surface area contributed by atoms with Crippen molar-refractivity contribution in [1.29, 1.82) is 0 Å². The molecule has 0 unspecified atom stereocenters. The number of aromatic amines is 1. The van der Waals surface area contributed by atoms with Gasteiger partial charge in [0.05, 0.1) is 5.92 Å². The van der Waals surface area contributed by atoms with Crippen LogP contribution in [0.4, 0.5) is 4.79 Å². The molecule has 1 aromatic rings. The second-order valence-corrected chi connectivity index (χ2v) is 6.31. The quantitative estimate of drug-likeness (QED) is 0.803. The number of ether oxygens (including phenoxy) is 1. The first kappa shape index (κ1) is 14.0. The highest BCUT2D eigenvalue weighted by molar-refractivity contribution is 7.71. The van der Waals surface area contributed by atoms with Gasteiger partial charge in [-0.25, -0.2) is 4.79 Å². The van der Waals surface area contributed by atoms with Crippen LogP contribution in [0.2, 0.25) is 0 Å². The molecule has 1 N–H and O–H groups in total. The Labute approximate surface area is 117 Å². The van der Waals surface area contributed by atoms with Gasteiger partial charge in [0.2, 0.25) is 0 Å². The molecule has 2 atom stereocenters. The van der Waals surface area contributed by atoms with Gasteiger partial charge < -0.3 is 14.2 Å². The summed E-state index contributed by atoms with van der Waals surface area (Å²) >= 11 is 5.10. The fraction of sp³-hybridized carbons (Fsp3) is 0.750. The third-order valence-corrected chi connectivity index (χ3v) is 3.71. The van der Waals surface area contributed by atoms with Crippen LogP contribution in [-0.2, 0) is 11.8 Å². The molecule has 1 aliphatic rings. The van der Waals surface area contributed by atoms with E-state index in [1.165, 1.54) is 0 Å². The zero-order valence-corrected chi connectivity index (χ0v) is 12.7. The van der Waals surface area contributed by atoms with Gasteiger partial charge in [-0.1, -0.05) is 0 Å². The molecule has 6 nitrogen and oxygen atoms in total. The molecule has 7 heteroatoms. The first-order valence-corrected chi connectivity index (χ1v) is 6.72. The minimum Gasteiger partial charge on any atom is -0.444 e. The zero-order chi connectivity index (χ0) is 14.4. The Kier molecular flexibility index (Phi) is 3.42. The molecule has 0 spiro atoms. The highest BCUT2D eigenvalue weighted by Crippen LogP contribution is 2.33. The van der Waals surface area contributed by atoms with Gasteiger partial charge in [0.1, 0.15) is 11.4 Å². The second kappa shape index (κ2) is 4.63. The lowest BCUT2D eigenvalue weighted by Gasteiger charge is -2.45. The third kappa shape index (κ3) is 2.65. The van der Waals surface area contributed by atoms with Crippen molar-refractivity contribution in [2.45, 2.75) is 45.3 Å². The lowest BCUT2D eigenvalue weighted by atomic mass is 9.89. The van der Waals surface area contributed by atoms with Crippen molar-refractivity contribution in [3.05, 3.63) is 10.6 Å². The summed E-state index contributed by atoms with van der Waals surface area (Å²) in [6, 6.07) is 0.0683. The number of carbonyl (C=O) groups is 1. The van der Waals surface area contributed by atoms with Crippen LogP contribution in [0, 0.1) is 4.77 Å². The molecule has 19 heavy (non-hydrogen) atoms. The van der Waals surface area contributed by atoms with Crippen LogP contribution < -0.4 is 0 Å². The normalized spacial score (nSPS) is 23.1. The zero-order valence-electron chi connectivity index (χ0n) is 11.9. The molecule has 2 heterocycles. The van der Waals surface area contributed by atoms with E-state index in [4.69, 9.17) is 17.0 Å². The molecule has 1 amide bonds. The Morgan fingerprint density at radius 1 is 1.53 bits per heavy atom. The van der Waals surface area contributed by atoms with Crippen LogP contribution in [0.1, 0.15) is 39.4 Å². The second-order valence-electron chi connectivity index (χ2n) is 5.93. The van der Waals surface area contributed by atoms with Crippen molar-refractivity contribution in [1.82, 2.24) is 19.7 Å². The molecule has 0 bridgehead atoms. The minimum atomic E-state index is -0.466. The first-order chi connectivity index (χ1) is 8.70. The van der Waals surface area contributed by atoms with Gasteiger partial charge in [-0.2, -0.15) is 5.10 Å². The van der Waals surface area contributed by atoms with Crippen LogP contribution in [0.5, 0.6) is 0 Å². The summed E-state index contributed by atoms with van der Waals surface area (Å²) in [5, 5.41) is 6.99. The molecule has 0 radical (unpaired) electrons. The summed E-state index contributed by atoms with van der Waals surface area (Å²) in [7, 11) is 1.88. The maximum absolute atomic E-state index is 12.0. The maximum atomic E-state index is 12.0. The molecule has 1 aromatic heterocycles. The number of H-pyrrole nitrogens is 1. The van der Waals surface area contributed by atoms with Gasteiger partial charge in [0, 0.05) is 19.6 Å². The highest BCUT2D eigenvalue weighted by Gasteiger charge is 2.43. The SMILES string of the molecule is C[C@@H]1[C@@H](c2n[nH]c(=S)n2C)CN1C(=O)OC(C)(C)C. The summed E-state index contributed by atoms with van der Waals surface area (Å²) in [5.41, 5.74) is -0.466. The Bertz CT molecular complexity index is 543. The van der Waals surface area contributed by atoms with Gasteiger partial charge in [0.15, 0.2) is 4.77 Å². The lowest BCUT2D eigenvalue weighted by Crippen LogP contribution is -2.57. The van der Waals surface area contributed by atoms with Crippen molar-refractivity contribution in [2.75, 3.05) is 6.54 Å². The van der Waals surface area contributed by atoms with Crippen LogP contribution in [0.3, 0.4) is 0 Å². The maximum Gasteiger partial charge on any atom is 0.410 e. The predicted molar refractivity (Wildman–Crippen MR) is 73.5 cm³/mol. The number of amides is 1. The Morgan fingerprint density at radius 3 is 2.58 bits per heavy atom. The number of hydrogen-bond donors (Lipinski definition) is 1. The molecule has 0 aromatic carbocycles. The fourth-order valence-electron chi connectivity index (χ4n) is 2.16. The molecule has 0 aliphatic carbocycles. The van der Waals surface area contributed by atoms with Crippen molar-refractivity contribution in [3.63, 3.8) is 0 Å². The van der Waals surface area contributed by atoms with Crippen LogP contribution >= 0.6 is 12.2 Å². The molecule has 1 fully saturated rings. The number of carbonyl (C=O) groups excluding carboxylic acids is 1. The number of hydrogen-bond acceptors (Lipinski definition) is 4. The Morgan fingerprint density at radius 2 is 2.16 bits per heavy atom. The molecule has 2 rings (SSSR count). The summed E-state index contributed by atoms with van der Waals surface area (Å²) in [5.74, 6) is 1.09. The molecular formula is C12H20N4O2S. The lowest BCUT2D eigenvalue weighted by molar-refractivity contribution is -0.0113. The van der Waals surface area contributed by atoms with E-state index in [0.717, 1.165) is 5.82 Å². The van der Waals surface area contributed by atoms with E-state index < -0.39 is 5.60 Å². The van der Waals surface area contributed by atoms with E-state index in [-0.39, 0.29) is 18.1 Å². The number of rotatable bonds is 1. The van der Waals surface area contributed by atoms with E-state index in [9.17, 15) is 4.79 Å². The molecular weight excluding hydrogens is 264 g/mol. The van der Waals surface area contributed by atoms with E-state index in [0.29, 0.717) is 11.3 Å². The van der Waals surface area contributed by atoms with Crippen molar-refractivity contribution >= 4 is 18.3 Å². The number of nitrogens with zero attached hydrogens (tertiary/aromatic N) is 3. The summed E-state index contributed by atoms with van der Waals surface area (Å²) in [4.78, 5) is 13.7. The monoisotopic (exact) mass is 284 g/mol. The Hall–Kier alpha value is -1.37. The summed E-state index contributed by atoms with van der Waals surface area (Å²) < 4.78 is 7.81. The molecule has 1 saturated heterocycles. The van der Waals surface area contributed by atoms with Crippen molar-refractivity contribution < 1.29 is 9.53 Å². The summed E-state index contributed by atoms with van der Waals surface area (Å²) in [6.07, 6.45) is -0.270. The predicted octanol–water partition coefficient (Wildman–Crippen LogP) is 2.20. The van der Waals surface area contributed by atoms with Crippen LogP contribution in [0.25, 0.3) is 0 Å². The molecule has 0 saturated carbocycles. The van der Waals surface area contributed by atoms with E-state index in [1.54, 1.807) is 4.90 Å². The van der Waals surface area contributed by atoms with Gasteiger partial charge in [-0.15, -0.1) is 0 Å². The van der Waals surface area contributed by atoms with E-state index >= 15 is 0 Å². The van der Waals surface area contributed by atoms with Gasteiger partial charge >= 0.3 is 6.09 Å².